The van der Waals surface area contributed by atoms with E-state index in [1.807, 2.05) is 4.98 Å². The SMILES string of the molecule is Nc1[nH]c(=O)c(C(=O)O)c(-c2ccc(OC(F)F)c(F)c2)c1C(=O)O. The van der Waals surface area contributed by atoms with Crippen LogP contribution >= 0.6 is 0 Å². The van der Waals surface area contributed by atoms with Gasteiger partial charge in [0.25, 0.3) is 5.56 Å². The zero-order valence-electron chi connectivity index (χ0n) is 12.0. The lowest BCUT2D eigenvalue weighted by atomic mass is 9.95. The van der Waals surface area contributed by atoms with E-state index in [-0.39, 0.29) is 5.56 Å². The fraction of sp³-hybridized carbons (Fsp3) is 0.0714. The third-order valence-electron chi connectivity index (χ3n) is 3.11. The Hall–Kier alpha value is -3.50. The maximum Gasteiger partial charge on any atom is 0.387 e. The lowest BCUT2D eigenvalue weighted by molar-refractivity contribution is -0.0521. The van der Waals surface area contributed by atoms with E-state index in [2.05, 4.69) is 4.74 Å². The number of H-pyrrole nitrogens is 1. The number of ether oxygens (including phenoxy) is 1. The third-order valence-corrected chi connectivity index (χ3v) is 3.11. The summed E-state index contributed by atoms with van der Waals surface area (Å²) in [6.45, 7) is -3.31. The number of aromatic nitrogens is 1. The van der Waals surface area contributed by atoms with Gasteiger partial charge in [-0.2, -0.15) is 8.78 Å². The molecule has 0 bridgehead atoms. The molecule has 0 atom stereocenters. The number of nitrogen functional groups attached to an aromatic ring is 1. The molecule has 0 aliphatic heterocycles. The molecule has 1 heterocycles. The van der Waals surface area contributed by atoms with Gasteiger partial charge in [-0.1, -0.05) is 6.07 Å². The van der Waals surface area contributed by atoms with Gasteiger partial charge in [0.15, 0.2) is 11.6 Å². The summed E-state index contributed by atoms with van der Waals surface area (Å²) in [6, 6.07) is 2.23. The largest absolute Gasteiger partial charge is 0.478 e. The van der Waals surface area contributed by atoms with Crippen LogP contribution in [0.5, 0.6) is 5.75 Å². The number of aromatic carboxylic acids is 2. The van der Waals surface area contributed by atoms with Gasteiger partial charge in [-0.05, 0) is 17.7 Å². The van der Waals surface area contributed by atoms with Crippen molar-refractivity contribution in [1.29, 1.82) is 0 Å². The van der Waals surface area contributed by atoms with Gasteiger partial charge in [-0.3, -0.25) is 4.79 Å². The molecule has 1 aromatic carbocycles. The Morgan fingerprint density at radius 1 is 1.16 bits per heavy atom. The molecule has 0 fully saturated rings. The second kappa shape index (κ2) is 6.55. The van der Waals surface area contributed by atoms with Crippen molar-refractivity contribution in [1.82, 2.24) is 4.98 Å². The van der Waals surface area contributed by atoms with Crippen molar-refractivity contribution in [2.24, 2.45) is 0 Å². The second-order valence-electron chi connectivity index (χ2n) is 4.63. The van der Waals surface area contributed by atoms with Crippen LogP contribution in [0.1, 0.15) is 20.7 Å². The fourth-order valence-corrected chi connectivity index (χ4v) is 2.18. The van der Waals surface area contributed by atoms with Crippen molar-refractivity contribution in [2.45, 2.75) is 6.61 Å². The Kier molecular flexibility index (Phi) is 4.68. The van der Waals surface area contributed by atoms with E-state index in [0.29, 0.717) is 6.07 Å². The molecule has 11 heteroatoms. The predicted octanol–water partition coefficient (Wildman–Crippen LogP) is 1.76. The first-order valence-electron chi connectivity index (χ1n) is 6.40. The molecular formula is C14H9F3N2O6. The first-order chi connectivity index (χ1) is 11.6. The van der Waals surface area contributed by atoms with Crippen LogP contribution < -0.4 is 16.0 Å². The molecule has 2 aromatic rings. The molecule has 0 spiro atoms. The molecule has 25 heavy (non-hydrogen) atoms. The molecule has 0 unspecified atom stereocenters. The maximum atomic E-state index is 13.9. The van der Waals surface area contributed by atoms with E-state index >= 15 is 0 Å². The number of hydrogen-bond donors (Lipinski definition) is 4. The quantitative estimate of drug-likeness (QED) is 0.638. The highest BCUT2D eigenvalue weighted by molar-refractivity contribution is 6.07. The Morgan fingerprint density at radius 3 is 2.24 bits per heavy atom. The molecular weight excluding hydrogens is 349 g/mol. The van der Waals surface area contributed by atoms with Gasteiger partial charge in [0.2, 0.25) is 0 Å². The van der Waals surface area contributed by atoms with Gasteiger partial charge in [0.1, 0.15) is 16.9 Å². The minimum atomic E-state index is -3.31. The number of halogens is 3. The molecule has 0 saturated carbocycles. The smallest absolute Gasteiger partial charge is 0.387 e. The number of aromatic amines is 1. The van der Waals surface area contributed by atoms with Crippen LogP contribution in [0.2, 0.25) is 0 Å². The summed E-state index contributed by atoms with van der Waals surface area (Å²) < 4.78 is 42.1. The van der Waals surface area contributed by atoms with Crippen molar-refractivity contribution in [3.63, 3.8) is 0 Å². The lowest BCUT2D eigenvalue weighted by Gasteiger charge is -2.13. The summed E-state index contributed by atoms with van der Waals surface area (Å²) in [5, 5.41) is 18.4. The second-order valence-corrected chi connectivity index (χ2v) is 4.63. The highest BCUT2D eigenvalue weighted by atomic mass is 19.3. The molecule has 8 nitrogen and oxygen atoms in total. The fourth-order valence-electron chi connectivity index (χ4n) is 2.18. The Bertz CT molecular complexity index is 926. The minimum Gasteiger partial charge on any atom is -0.478 e. The van der Waals surface area contributed by atoms with E-state index < -0.39 is 58.2 Å². The predicted molar refractivity (Wildman–Crippen MR) is 77.4 cm³/mol. The van der Waals surface area contributed by atoms with Gasteiger partial charge in [-0.15, -0.1) is 0 Å². The molecule has 0 amide bonds. The van der Waals surface area contributed by atoms with Gasteiger partial charge in [0, 0.05) is 5.56 Å². The number of carbonyl (C=O) groups is 2. The summed E-state index contributed by atoms with van der Waals surface area (Å²) in [4.78, 5) is 36.4. The minimum absolute atomic E-state index is 0.369. The molecule has 0 saturated heterocycles. The zero-order valence-corrected chi connectivity index (χ0v) is 12.0. The molecule has 0 radical (unpaired) electrons. The van der Waals surface area contributed by atoms with E-state index in [0.717, 1.165) is 12.1 Å². The van der Waals surface area contributed by atoms with Crippen LogP contribution in [0.3, 0.4) is 0 Å². The highest BCUT2D eigenvalue weighted by Crippen LogP contribution is 2.32. The van der Waals surface area contributed by atoms with E-state index in [4.69, 9.17) is 5.73 Å². The first kappa shape index (κ1) is 17.8. The van der Waals surface area contributed by atoms with Crippen LogP contribution in [-0.2, 0) is 0 Å². The standard InChI is InChI=1S/C14H9F3N2O6/c15-5-3-4(1-2-6(5)25-14(16)17)7-8(12(21)22)10(18)19-11(20)9(7)13(23)24/h1-3,14H,(H,21,22)(H,23,24)(H3,18,19,20). The maximum absolute atomic E-state index is 13.9. The molecule has 132 valence electrons. The number of anilines is 1. The molecule has 1 aromatic heterocycles. The van der Waals surface area contributed by atoms with Crippen molar-refractivity contribution in [3.8, 4) is 16.9 Å². The van der Waals surface area contributed by atoms with Gasteiger partial charge < -0.3 is 25.7 Å². The Labute approximate surface area is 136 Å². The van der Waals surface area contributed by atoms with Crippen LogP contribution in [0.4, 0.5) is 19.0 Å². The van der Waals surface area contributed by atoms with E-state index in [9.17, 15) is 37.8 Å². The number of carboxylic acids is 2. The van der Waals surface area contributed by atoms with E-state index in [1.165, 1.54) is 0 Å². The number of nitrogens with two attached hydrogens (primary N) is 1. The summed E-state index contributed by atoms with van der Waals surface area (Å²) >= 11 is 0. The molecule has 0 aliphatic carbocycles. The van der Waals surface area contributed by atoms with Crippen molar-refractivity contribution < 1.29 is 37.7 Å². The number of rotatable bonds is 5. The average molecular weight is 358 g/mol. The lowest BCUT2D eigenvalue weighted by Crippen LogP contribution is -2.24. The summed E-state index contributed by atoms with van der Waals surface area (Å²) in [7, 11) is 0. The third kappa shape index (κ3) is 3.39. The summed E-state index contributed by atoms with van der Waals surface area (Å²) in [5.41, 5.74) is 1.40. The molecule has 5 N–H and O–H groups in total. The number of carboxylic acid groups (broad SMARTS) is 2. The zero-order chi connectivity index (χ0) is 18.9. The highest BCUT2D eigenvalue weighted by Gasteiger charge is 2.27. The topological polar surface area (TPSA) is 143 Å². The van der Waals surface area contributed by atoms with Gasteiger partial charge in [-0.25, -0.2) is 14.0 Å². The van der Waals surface area contributed by atoms with E-state index in [1.54, 1.807) is 0 Å². The van der Waals surface area contributed by atoms with Gasteiger partial charge >= 0.3 is 18.6 Å². The van der Waals surface area contributed by atoms with Crippen LogP contribution in [0.25, 0.3) is 11.1 Å². The summed E-state index contributed by atoms with van der Waals surface area (Å²) in [6.07, 6.45) is 0. The number of nitrogens with one attached hydrogen (secondary N) is 1. The molecule has 0 aliphatic rings. The Morgan fingerprint density at radius 2 is 1.76 bits per heavy atom. The number of hydrogen-bond acceptors (Lipinski definition) is 5. The van der Waals surface area contributed by atoms with Crippen molar-refractivity contribution in [3.05, 3.63) is 45.5 Å². The average Bonchev–Trinajstić information content (AvgIpc) is 2.47. The van der Waals surface area contributed by atoms with Crippen LogP contribution in [0.15, 0.2) is 23.0 Å². The number of benzene rings is 1. The Balaban J connectivity index is 2.81. The molecule has 2 rings (SSSR count). The monoisotopic (exact) mass is 358 g/mol. The summed E-state index contributed by atoms with van der Waals surface area (Å²) in [5.74, 6) is -6.27. The van der Waals surface area contributed by atoms with Crippen LogP contribution in [0, 0.1) is 5.82 Å². The number of pyridine rings is 1. The first-order valence-corrected chi connectivity index (χ1v) is 6.40. The van der Waals surface area contributed by atoms with Crippen LogP contribution in [-0.4, -0.2) is 33.7 Å². The van der Waals surface area contributed by atoms with Crippen molar-refractivity contribution >= 4 is 17.8 Å². The van der Waals surface area contributed by atoms with Crippen molar-refractivity contribution in [2.75, 3.05) is 5.73 Å². The normalized spacial score (nSPS) is 10.7. The number of alkyl halides is 2. The van der Waals surface area contributed by atoms with Gasteiger partial charge in [0.05, 0.1) is 0 Å².